The van der Waals surface area contributed by atoms with Gasteiger partial charge in [0.05, 0.1) is 18.8 Å². The van der Waals surface area contributed by atoms with E-state index < -0.39 is 0 Å². The van der Waals surface area contributed by atoms with E-state index in [0.29, 0.717) is 24.5 Å². The number of nitrogens with zero attached hydrogens (tertiary/aromatic N) is 3. The Bertz CT molecular complexity index is 421. The molecule has 20 heavy (non-hydrogen) atoms. The van der Waals surface area contributed by atoms with Crippen LogP contribution in [0.5, 0.6) is 6.01 Å². The lowest BCUT2D eigenvalue weighted by molar-refractivity contribution is 0.195. The summed E-state index contributed by atoms with van der Waals surface area (Å²) < 4.78 is 10.9. The smallest absolute Gasteiger partial charge is 0.323 e. The van der Waals surface area contributed by atoms with Gasteiger partial charge in [-0.15, -0.1) is 0 Å². The Balaban J connectivity index is 2.10. The second-order valence-corrected chi connectivity index (χ2v) is 5.06. The first-order valence-electron chi connectivity index (χ1n) is 7.18. The lowest BCUT2D eigenvalue weighted by atomic mass is 10.3. The summed E-state index contributed by atoms with van der Waals surface area (Å²) in [4.78, 5) is 12.9. The number of nitrogens with one attached hydrogen (secondary N) is 2. The molecule has 7 heteroatoms. The van der Waals surface area contributed by atoms with Crippen molar-refractivity contribution < 1.29 is 9.47 Å². The van der Waals surface area contributed by atoms with E-state index in [-0.39, 0.29) is 12.1 Å². The lowest BCUT2D eigenvalue weighted by Gasteiger charge is -2.14. The van der Waals surface area contributed by atoms with E-state index in [4.69, 9.17) is 9.47 Å². The zero-order chi connectivity index (χ0) is 14.4. The molecule has 0 radical (unpaired) electrons. The maximum absolute atomic E-state index is 5.57. The van der Waals surface area contributed by atoms with Crippen LogP contribution in [0.1, 0.15) is 33.6 Å². The first-order valence-corrected chi connectivity index (χ1v) is 7.18. The summed E-state index contributed by atoms with van der Waals surface area (Å²) in [6.07, 6.45) is 1.99. The predicted molar refractivity (Wildman–Crippen MR) is 77.2 cm³/mol. The van der Waals surface area contributed by atoms with Crippen molar-refractivity contribution in [3.05, 3.63) is 0 Å². The molecule has 1 atom stereocenters. The van der Waals surface area contributed by atoms with Crippen LogP contribution in [0, 0.1) is 0 Å². The minimum absolute atomic E-state index is 0.0269. The van der Waals surface area contributed by atoms with Crippen LogP contribution in [0.4, 0.5) is 11.9 Å². The molecule has 0 amide bonds. The molecule has 0 aliphatic carbocycles. The number of anilines is 2. The van der Waals surface area contributed by atoms with Gasteiger partial charge in [-0.05, 0) is 26.7 Å². The highest BCUT2D eigenvalue weighted by atomic mass is 16.5. The van der Waals surface area contributed by atoms with E-state index in [1.165, 1.54) is 0 Å². The third-order valence-corrected chi connectivity index (χ3v) is 2.75. The molecule has 2 N–H and O–H groups in total. The van der Waals surface area contributed by atoms with Gasteiger partial charge >= 0.3 is 6.01 Å². The molecule has 112 valence electrons. The zero-order valence-electron chi connectivity index (χ0n) is 12.3. The van der Waals surface area contributed by atoms with Gasteiger partial charge in [-0.3, -0.25) is 0 Å². The summed E-state index contributed by atoms with van der Waals surface area (Å²) in [7, 11) is 0. The maximum Gasteiger partial charge on any atom is 0.323 e. The van der Waals surface area contributed by atoms with Gasteiger partial charge in [-0.25, -0.2) is 0 Å². The Morgan fingerprint density at radius 2 is 2.10 bits per heavy atom. The third kappa shape index (κ3) is 4.48. The molecule has 2 heterocycles. The summed E-state index contributed by atoms with van der Waals surface area (Å²) in [5.41, 5.74) is 0. The number of aromatic nitrogens is 3. The number of ether oxygens (including phenoxy) is 2. The van der Waals surface area contributed by atoms with Crippen molar-refractivity contribution in [3.63, 3.8) is 0 Å². The van der Waals surface area contributed by atoms with Gasteiger partial charge in [0.25, 0.3) is 0 Å². The summed E-state index contributed by atoms with van der Waals surface area (Å²) >= 11 is 0. The molecule has 1 aliphatic heterocycles. The molecule has 0 saturated carbocycles. The Morgan fingerprint density at radius 1 is 1.30 bits per heavy atom. The first kappa shape index (κ1) is 14.8. The molecular weight excluding hydrogens is 258 g/mol. The van der Waals surface area contributed by atoms with Crippen molar-refractivity contribution in [3.8, 4) is 6.01 Å². The van der Waals surface area contributed by atoms with Crippen LogP contribution < -0.4 is 15.4 Å². The van der Waals surface area contributed by atoms with Gasteiger partial charge in [0.1, 0.15) is 0 Å². The fourth-order valence-corrected chi connectivity index (χ4v) is 1.83. The predicted octanol–water partition coefficient (Wildman–Crippen LogP) is 1.68. The van der Waals surface area contributed by atoms with E-state index in [1.807, 2.05) is 13.8 Å². The average Bonchev–Trinajstić information content (AvgIpc) is 2.88. The largest absolute Gasteiger partial charge is 0.461 e. The lowest BCUT2D eigenvalue weighted by Crippen LogP contribution is -2.22. The van der Waals surface area contributed by atoms with E-state index >= 15 is 0 Å². The Hall–Kier alpha value is -1.63. The van der Waals surface area contributed by atoms with Crippen molar-refractivity contribution in [1.82, 2.24) is 15.0 Å². The van der Waals surface area contributed by atoms with Crippen molar-refractivity contribution in [2.45, 2.75) is 45.8 Å². The van der Waals surface area contributed by atoms with Crippen molar-refractivity contribution in [2.75, 3.05) is 30.4 Å². The van der Waals surface area contributed by atoms with Crippen LogP contribution >= 0.6 is 0 Å². The van der Waals surface area contributed by atoms with Crippen LogP contribution in [0.15, 0.2) is 0 Å². The van der Waals surface area contributed by atoms with Crippen LogP contribution in [-0.4, -0.2) is 46.9 Å². The summed E-state index contributed by atoms with van der Waals surface area (Å²) in [6.45, 7) is 8.26. The zero-order valence-corrected chi connectivity index (χ0v) is 12.3. The molecule has 1 aliphatic rings. The van der Waals surface area contributed by atoms with E-state index in [0.717, 1.165) is 26.0 Å². The maximum atomic E-state index is 5.57. The van der Waals surface area contributed by atoms with Gasteiger partial charge < -0.3 is 20.1 Å². The first-order chi connectivity index (χ1) is 9.67. The van der Waals surface area contributed by atoms with Gasteiger partial charge in [0, 0.05) is 13.2 Å². The van der Waals surface area contributed by atoms with E-state index in [9.17, 15) is 0 Å². The van der Waals surface area contributed by atoms with Crippen molar-refractivity contribution >= 4 is 11.9 Å². The van der Waals surface area contributed by atoms with Gasteiger partial charge in [-0.1, -0.05) is 6.92 Å². The summed E-state index contributed by atoms with van der Waals surface area (Å²) in [5.74, 6) is 1.07. The fraction of sp³-hybridized carbons (Fsp3) is 0.769. The average molecular weight is 281 g/mol. The van der Waals surface area contributed by atoms with Crippen LogP contribution in [0.2, 0.25) is 0 Å². The second-order valence-electron chi connectivity index (χ2n) is 5.06. The van der Waals surface area contributed by atoms with Crippen LogP contribution in [-0.2, 0) is 4.74 Å². The summed E-state index contributed by atoms with van der Waals surface area (Å²) in [6, 6.07) is 0.596. The topological polar surface area (TPSA) is 81.2 Å². The SMILES string of the molecule is CCCNc1nc(NC2CCOC2)nc(OC(C)C)n1. The molecule has 7 nitrogen and oxygen atoms in total. The number of hydrogen-bond acceptors (Lipinski definition) is 7. The highest BCUT2D eigenvalue weighted by molar-refractivity contribution is 5.36. The quantitative estimate of drug-likeness (QED) is 0.787. The molecule has 1 aromatic rings. The molecule has 1 saturated heterocycles. The molecule has 1 aromatic heterocycles. The molecule has 0 spiro atoms. The minimum atomic E-state index is 0.0269. The van der Waals surface area contributed by atoms with Crippen LogP contribution in [0.3, 0.4) is 0 Å². The van der Waals surface area contributed by atoms with E-state index in [1.54, 1.807) is 0 Å². The number of rotatable bonds is 7. The van der Waals surface area contributed by atoms with E-state index in [2.05, 4.69) is 32.5 Å². The molecule has 1 fully saturated rings. The fourth-order valence-electron chi connectivity index (χ4n) is 1.83. The second kappa shape index (κ2) is 7.23. The molecule has 0 bridgehead atoms. The summed E-state index contributed by atoms with van der Waals surface area (Å²) in [5, 5.41) is 6.42. The van der Waals surface area contributed by atoms with Gasteiger partial charge in [0.15, 0.2) is 0 Å². The standard InChI is InChI=1S/C13H23N5O2/c1-4-6-14-11-16-12(15-10-5-7-19-8-10)18-13(17-11)20-9(2)3/h9-10H,4-8H2,1-3H3,(H2,14,15,16,17,18). The normalized spacial score (nSPS) is 18.3. The third-order valence-electron chi connectivity index (χ3n) is 2.75. The molecule has 1 unspecified atom stereocenters. The minimum Gasteiger partial charge on any atom is -0.461 e. The number of hydrogen-bond donors (Lipinski definition) is 2. The Morgan fingerprint density at radius 3 is 2.75 bits per heavy atom. The Kier molecular flexibility index (Phi) is 5.34. The highest BCUT2D eigenvalue weighted by Gasteiger charge is 2.17. The van der Waals surface area contributed by atoms with Crippen molar-refractivity contribution in [1.29, 1.82) is 0 Å². The molecule has 2 rings (SSSR count). The Labute approximate surface area is 119 Å². The van der Waals surface area contributed by atoms with Gasteiger partial charge in [-0.2, -0.15) is 15.0 Å². The monoisotopic (exact) mass is 281 g/mol. The van der Waals surface area contributed by atoms with Crippen molar-refractivity contribution in [2.24, 2.45) is 0 Å². The molecule has 0 aromatic carbocycles. The van der Waals surface area contributed by atoms with Gasteiger partial charge in [0.2, 0.25) is 11.9 Å². The van der Waals surface area contributed by atoms with Crippen LogP contribution in [0.25, 0.3) is 0 Å². The highest BCUT2D eigenvalue weighted by Crippen LogP contribution is 2.15. The molecular formula is C13H23N5O2.